The number of fused-ring (bicyclic) bond motifs is 1. The summed E-state index contributed by atoms with van der Waals surface area (Å²) in [5, 5.41) is 0. The van der Waals surface area contributed by atoms with Gasteiger partial charge < -0.3 is 14.0 Å². The van der Waals surface area contributed by atoms with Gasteiger partial charge in [-0.25, -0.2) is 0 Å². The summed E-state index contributed by atoms with van der Waals surface area (Å²) in [5.74, 6) is -0.0220. The van der Waals surface area contributed by atoms with Crippen molar-refractivity contribution >= 4 is 35.8 Å². The molecule has 0 aromatic heterocycles. The number of rotatable bonds is 7. The molecule has 0 spiro atoms. The Morgan fingerprint density at radius 3 is 2.37 bits per heavy atom. The largest absolute Gasteiger partial charge is 0.494 e. The molecule has 6 nitrogen and oxygen atoms in total. The van der Waals surface area contributed by atoms with Crippen LogP contribution in [-0.4, -0.2) is 36.8 Å². The van der Waals surface area contributed by atoms with Crippen molar-refractivity contribution in [1.82, 2.24) is 0 Å². The van der Waals surface area contributed by atoms with Crippen LogP contribution in [0.25, 0.3) is 0 Å². The van der Waals surface area contributed by atoms with Crippen LogP contribution in [0.3, 0.4) is 0 Å². The fraction of sp³-hybridized carbons (Fsp3) is 0.500. The zero-order valence-electron chi connectivity index (χ0n) is 21.7. The highest BCUT2D eigenvalue weighted by atomic mass is 16.7. The minimum Gasteiger partial charge on any atom is -0.466 e. The summed E-state index contributed by atoms with van der Waals surface area (Å²) in [7, 11) is -0.441. The summed E-state index contributed by atoms with van der Waals surface area (Å²) in [5.41, 5.74) is 4.11. The van der Waals surface area contributed by atoms with Gasteiger partial charge >= 0.3 is 13.1 Å². The third kappa shape index (κ3) is 5.02. The van der Waals surface area contributed by atoms with Gasteiger partial charge in [0.15, 0.2) is 0 Å². The monoisotopic (exact) mass is 477 g/mol. The highest BCUT2D eigenvalue weighted by Gasteiger charge is 2.51. The molecule has 0 bridgehead atoms. The predicted octanol–water partition coefficient (Wildman–Crippen LogP) is 5.18. The molecule has 0 saturated carbocycles. The molecular weight excluding hydrogens is 441 g/mol. The summed E-state index contributed by atoms with van der Waals surface area (Å²) < 4.78 is 17.4. The van der Waals surface area contributed by atoms with Crippen LogP contribution in [0.5, 0.6) is 0 Å². The summed E-state index contributed by atoms with van der Waals surface area (Å²) in [6, 6.07) is 14.1. The molecule has 0 aliphatic carbocycles. The number of para-hydroxylation sites is 1. The number of nitrogens with zero attached hydrogens (tertiary/aromatic N) is 1. The highest BCUT2D eigenvalue weighted by molar-refractivity contribution is 6.62. The van der Waals surface area contributed by atoms with Crippen molar-refractivity contribution in [3.8, 4) is 0 Å². The number of amides is 1. The molecule has 0 N–H and O–H groups in total. The first-order valence-corrected chi connectivity index (χ1v) is 12.6. The molecule has 4 rings (SSSR count). The minimum atomic E-state index is -0.441. The second-order valence-corrected chi connectivity index (χ2v) is 10.5. The number of aryl methyl sites for hydroxylation is 1. The first-order chi connectivity index (χ1) is 16.5. The third-order valence-electron chi connectivity index (χ3n) is 7.52. The molecule has 1 saturated heterocycles. The Bertz CT molecular complexity index is 1080. The quantitative estimate of drug-likeness (QED) is 0.406. The lowest BCUT2D eigenvalue weighted by atomic mass is 9.79. The predicted molar refractivity (Wildman–Crippen MR) is 138 cm³/mol. The lowest BCUT2D eigenvalue weighted by molar-refractivity contribution is -0.143. The second-order valence-electron chi connectivity index (χ2n) is 10.5. The van der Waals surface area contributed by atoms with Crippen molar-refractivity contribution in [2.24, 2.45) is 0 Å². The number of benzene rings is 2. The van der Waals surface area contributed by atoms with Crippen LogP contribution < -0.4 is 10.4 Å². The van der Waals surface area contributed by atoms with Crippen molar-refractivity contribution in [2.45, 2.75) is 84.3 Å². The smallest absolute Gasteiger partial charge is 0.466 e. The third-order valence-corrected chi connectivity index (χ3v) is 7.52. The SMILES string of the molecule is CCOC(=O)CCCC1CC(=O)N(c2ccc(B3OC(C)(C)C(C)(C)O3)cc2)c2c(C)cccc21. The summed E-state index contributed by atoms with van der Waals surface area (Å²) >= 11 is 0. The van der Waals surface area contributed by atoms with Gasteiger partial charge in [0, 0.05) is 18.5 Å². The average Bonchev–Trinajstić information content (AvgIpc) is 3.01. The number of carbonyl (C=O) groups excluding carboxylic acids is 2. The molecule has 1 unspecified atom stereocenters. The maximum atomic E-state index is 13.4. The molecule has 2 aliphatic rings. The van der Waals surface area contributed by atoms with Crippen molar-refractivity contribution < 1.29 is 23.6 Å². The van der Waals surface area contributed by atoms with Crippen molar-refractivity contribution in [2.75, 3.05) is 11.5 Å². The Morgan fingerprint density at radius 1 is 1.09 bits per heavy atom. The van der Waals surface area contributed by atoms with E-state index in [4.69, 9.17) is 14.0 Å². The Morgan fingerprint density at radius 2 is 1.74 bits per heavy atom. The number of esters is 1. The van der Waals surface area contributed by atoms with Gasteiger partial charge in [0.1, 0.15) is 0 Å². The van der Waals surface area contributed by atoms with Gasteiger partial charge in [0.25, 0.3) is 0 Å². The standard InChI is InChI=1S/C28H36BNO5/c1-7-33-25(32)13-9-11-20-18-24(31)30(26-19(2)10-8-12-23(20)26)22-16-14-21(15-17-22)29-34-27(3,4)28(5,6)35-29/h8,10,12,14-17,20H,7,9,11,13,18H2,1-6H3. The molecular formula is C28H36BNO5. The first kappa shape index (κ1) is 25.5. The molecule has 186 valence electrons. The van der Waals surface area contributed by atoms with Gasteiger partial charge in [-0.2, -0.15) is 0 Å². The lowest BCUT2D eigenvalue weighted by Crippen LogP contribution is -2.41. The molecule has 0 radical (unpaired) electrons. The van der Waals surface area contributed by atoms with E-state index < -0.39 is 18.3 Å². The molecule has 2 aliphatic heterocycles. The van der Waals surface area contributed by atoms with Crippen LogP contribution in [0.1, 0.15) is 77.3 Å². The minimum absolute atomic E-state index is 0.0660. The molecule has 35 heavy (non-hydrogen) atoms. The molecule has 1 fully saturated rings. The molecule has 1 amide bonds. The van der Waals surface area contributed by atoms with E-state index in [9.17, 15) is 9.59 Å². The lowest BCUT2D eigenvalue weighted by Gasteiger charge is -2.35. The van der Waals surface area contributed by atoms with Crippen LogP contribution >= 0.6 is 0 Å². The molecule has 2 heterocycles. The fourth-order valence-corrected chi connectivity index (χ4v) is 4.87. The summed E-state index contributed by atoms with van der Waals surface area (Å²) in [4.78, 5) is 27.0. The summed E-state index contributed by atoms with van der Waals surface area (Å²) in [6.07, 6.45) is 2.27. The van der Waals surface area contributed by atoms with Gasteiger partial charge in [-0.3, -0.25) is 14.5 Å². The average molecular weight is 477 g/mol. The van der Waals surface area contributed by atoms with E-state index in [0.29, 0.717) is 25.9 Å². The van der Waals surface area contributed by atoms with Gasteiger partial charge in [-0.05, 0) is 89.0 Å². The zero-order valence-corrected chi connectivity index (χ0v) is 21.7. The van der Waals surface area contributed by atoms with Gasteiger partial charge in [0.2, 0.25) is 5.91 Å². The Kier molecular flexibility index (Phi) is 7.12. The van der Waals surface area contributed by atoms with Gasteiger partial charge in [-0.1, -0.05) is 30.3 Å². The molecule has 2 aromatic carbocycles. The maximum absolute atomic E-state index is 13.4. The number of hydrogen-bond acceptors (Lipinski definition) is 5. The normalized spacial score (nSPS) is 20.6. The Balaban J connectivity index is 1.56. The first-order valence-electron chi connectivity index (χ1n) is 12.6. The van der Waals surface area contributed by atoms with E-state index in [1.54, 1.807) is 0 Å². The molecule has 2 aromatic rings. The van der Waals surface area contributed by atoms with E-state index >= 15 is 0 Å². The summed E-state index contributed by atoms with van der Waals surface area (Å²) in [6.45, 7) is 12.4. The number of carbonyl (C=O) groups is 2. The van der Waals surface area contributed by atoms with E-state index in [2.05, 4.69) is 6.07 Å². The number of anilines is 2. The van der Waals surface area contributed by atoms with E-state index in [1.807, 2.05) is 82.8 Å². The van der Waals surface area contributed by atoms with E-state index in [0.717, 1.165) is 34.4 Å². The number of hydrogen-bond donors (Lipinski definition) is 0. The topological polar surface area (TPSA) is 65.1 Å². The Labute approximate surface area is 209 Å². The van der Waals surface area contributed by atoms with Crippen LogP contribution in [0, 0.1) is 6.92 Å². The van der Waals surface area contributed by atoms with Crippen molar-refractivity contribution in [3.63, 3.8) is 0 Å². The van der Waals surface area contributed by atoms with E-state index in [-0.39, 0.29) is 17.8 Å². The van der Waals surface area contributed by atoms with Crippen LogP contribution in [-0.2, 0) is 23.6 Å². The van der Waals surface area contributed by atoms with Gasteiger partial charge in [0.05, 0.1) is 23.5 Å². The zero-order chi connectivity index (χ0) is 25.4. The molecule has 1 atom stereocenters. The molecule has 7 heteroatoms. The van der Waals surface area contributed by atoms with Crippen LogP contribution in [0.15, 0.2) is 42.5 Å². The van der Waals surface area contributed by atoms with Crippen LogP contribution in [0.2, 0.25) is 0 Å². The number of ether oxygens (including phenoxy) is 1. The van der Waals surface area contributed by atoms with Crippen molar-refractivity contribution in [1.29, 1.82) is 0 Å². The van der Waals surface area contributed by atoms with Crippen molar-refractivity contribution in [3.05, 3.63) is 53.6 Å². The van der Waals surface area contributed by atoms with E-state index in [1.165, 1.54) is 0 Å². The highest BCUT2D eigenvalue weighted by Crippen LogP contribution is 2.44. The second kappa shape index (κ2) is 9.78. The van der Waals surface area contributed by atoms with Gasteiger partial charge in [-0.15, -0.1) is 0 Å². The van der Waals surface area contributed by atoms with Crippen LogP contribution in [0.4, 0.5) is 11.4 Å². The fourth-order valence-electron chi connectivity index (χ4n) is 4.87. The Hall–Kier alpha value is -2.64. The maximum Gasteiger partial charge on any atom is 0.494 e.